The number of carbonyl (C=O) groups is 1. The predicted octanol–water partition coefficient (Wildman–Crippen LogP) is 3.42. The van der Waals surface area contributed by atoms with Gasteiger partial charge in [-0.05, 0) is 42.4 Å². The highest BCUT2D eigenvalue weighted by Gasteiger charge is 2.10. The molecule has 0 saturated heterocycles. The first kappa shape index (κ1) is 18.2. The Kier molecular flexibility index (Phi) is 6.44. The molecule has 1 atom stereocenters. The second kappa shape index (κ2) is 9.20. The summed E-state index contributed by atoms with van der Waals surface area (Å²) in [5.74, 6) is 1.49. The molecule has 0 spiro atoms. The molecule has 5 nitrogen and oxygen atoms in total. The lowest BCUT2D eigenvalue weighted by Crippen LogP contribution is -2.28. The summed E-state index contributed by atoms with van der Waals surface area (Å²) in [6, 6.07) is 18.3. The number of nitrogens with zero attached hydrogens (tertiary/aromatic N) is 3. The number of carbonyl (C=O) groups excluding carboxylic acids is 1. The number of aryl methyl sites for hydroxylation is 1. The third-order valence-corrected chi connectivity index (χ3v) is 5.02. The van der Waals surface area contributed by atoms with E-state index in [2.05, 4.69) is 27.5 Å². The van der Waals surface area contributed by atoms with Gasteiger partial charge in [0.15, 0.2) is 0 Å². The zero-order chi connectivity index (χ0) is 18.2. The van der Waals surface area contributed by atoms with Crippen molar-refractivity contribution in [1.29, 1.82) is 0 Å². The molecule has 1 unspecified atom stereocenters. The molecule has 134 valence electrons. The van der Waals surface area contributed by atoms with Crippen LogP contribution in [0.25, 0.3) is 5.69 Å². The van der Waals surface area contributed by atoms with Gasteiger partial charge >= 0.3 is 0 Å². The average molecular weight is 366 g/mol. The van der Waals surface area contributed by atoms with Gasteiger partial charge < -0.3 is 5.32 Å². The Morgan fingerprint density at radius 2 is 1.92 bits per heavy atom. The molecular weight excluding hydrogens is 344 g/mol. The van der Waals surface area contributed by atoms with Gasteiger partial charge in [-0.25, -0.2) is 9.67 Å². The van der Waals surface area contributed by atoms with Crippen LogP contribution in [0.3, 0.4) is 0 Å². The molecule has 0 aliphatic rings. The van der Waals surface area contributed by atoms with E-state index in [4.69, 9.17) is 0 Å². The second-order valence-electron chi connectivity index (χ2n) is 6.01. The van der Waals surface area contributed by atoms with Crippen molar-refractivity contribution in [1.82, 2.24) is 20.1 Å². The Labute approximate surface area is 157 Å². The molecule has 1 aromatic heterocycles. The topological polar surface area (TPSA) is 59.8 Å². The highest BCUT2D eigenvalue weighted by atomic mass is 32.2. The molecule has 6 heteroatoms. The minimum Gasteiger partial charge on any atom is -0.349 e. The Bertz CT molecular complexity index is 804. The third-order valence-electron chi connectivity index (χ3n) is 4.06. The van der Waals surface area contributed by atoms with E-state index >= 15 is 0 Å². The maximum atomic E-state index is 12.1. The summed E-state index contributed by atoms with van der Waals surface area (Å²) in [5.41, 5.74) is 3.32. The number of nitrogens with one attached hydrogen (secondary N) is 1. The van der Waals surface area contributed by atoms with Gasteiger partial charge in [0.2, 0.25) is 5.91 Å². The number of amides is 1. The standard InChI is InChI=1S/C20H22N4OS/c1-16(18-7-9-19(10-8-18)24-15-21-14-22-24)23-20(25)13-26-12-11-17-5-3-2-4-6-17/h2-10,14-16H,11-13H2,1H3,(H,23,25). The van der Waals surface area contributed by atoms with Crippen molar-refractivity contribution in [2.45, 2.75) is 19.4 Å². The number of rotatable bonds is 8. The van der Waals surface area contributed by atoms with Crippen molar-refractivity contribution in [3.8, 4) is 5.69 Å². The van der Waals surface area contributed by atoms with Crippen molar-refractivity contribution >= 4 is 17.7 Å². The van der Waals surface area contributed by atoms with Crippen molar-refractivity contribution in [3.05, 3.63) is 78.4 Å². The van der Waals surface area contributed by atoms with Crippen LogP contribution in [0.2, 0.25) is 0 Å². The summed E-state index contributed by atoms with van der Waals surface area (Å²) in [7, 11) is 0. The molecule has 1 heterocycles. The van der Waals surface area contributed by atoms with Gasteiger partial charge in [0, 0.05) is 0 Å². The highest BCUT2D eigenvalue weighted by Crippen LogP contribution is 2.15. The zero-order valence-electron chi connectivity index (χ0n) is 14.7. The first-order valence-electron chi connectivity index (χ1n) is 8.58. The molecule has 0 radical (unpaired) electrons. The first-order chi connectivity index (χ1) is 12.7. The van der Waals surface area contributed by atoms with Crippen LogP contribution >= 0.6 is 11.8 Å². The van der Waals surface area contributed by atoms with Gasteiger partial charge in [0.25, 0.3) is 0 Å². The molecule has 1 amide bonds. The number of hydrogen-bond acceptors (Lipinski definition) is 4. The first-order valence-corrected chi connectivity index (χ1v) is 9.74. The summed E-state index contributed by atoms with van der Waals surface area (Å²) < 4.78 is 1.70. The maximum Gasteiger partial charge on any atom is 0.230 e. The lowest BCUT2D eigenvalue weighted by Gasteiger charge is -2.15. The smallest absolute Gasteiger partial charge is 0.230 e. The number of aromatic nitrogens is 3. The van der Waals surface area contributed by atoms with Crippen LogP contribution in [0.4, 0.5) is 0 Å². The fourth-order valence-electron chi connectivity index (χ4n) is 2.62. The fraction of sp³-hybridized carbons (Fsp3) is 0.250. The van der Waals surface area contributed by atoms with Gasteiger partial charge in [0.1, 0.15) is 12.7 Å². The van der Waals surface area contributed by atoms with E-state index in [9.17, 15) is 4.79 Å². The van der Waals surface area contributed by atoms with E-state index in [0.29, 0.717) is 5.75 Å². The van der Waals surface area contributed by atoms with E-state index < -0.39 is 0 Å². The van der Waals surface area contributed by atoms with Crippen molar-refractivity contribution in [2.75, 3.05) is 11.5 Å². The molecule has 3 rings (SSSR count). The number of hydrogen-bond donors (Lipinski definition) is 1. The fourth-order valence-corrected chi connectivity index (χ4v) is 3.42. The van der Waals surface area contributed by atoms with Crippen LogP contribution in [0.5, 0.6) is 0 Å². The average Bonchev–Trinajstić information content (AvgIpc) is 3.21. The summed E-state index contributed by atoms with van der Waals surface area (Å²) in [6.07, 6.45) is 4.15. The van der Waals surface area contributed by atoms with E-state index in [1.165, 1.54) is 11.9 Å². The molecule has 26 heavy (non-hydrogen) atoms. The van der Waals surface area contributed by atoms with Gasteiger partial charge in [0.05, 0.1) is 17.5 Å². The quantitative estimate of drug-likeness (QED) is 0.621. The summed E-state index contributed by atoms with van der Waals surface area (Å²) in [4.78, 5) is 16.1. The lowest BCUT2D eigenvalue weighted by molar-refractivity contribution is -0.119. The molecule has 0 aliphatic heterocycles. The SMILES string of the molecule is CC(NC(=O)CSCCc1ccccc1)c1ccc(-n2cncn2)cc1. The largest absolute Gasteiger partial charge is 0.349 e. The molecule has 0 bridgehead atoms. The number of thioether (sulfide) groups is 1. The maximum absolute atomic E-state index is 12.1. The van der Waals surface area contributed by atoms with E-state index in [1.54, 1.807) is 22.8 Å². The van der Waals surface area contributed by atoms with Gasteiger partial charge in [-0.3, -0.25) is 4.79 Å². The Balaban J connectivity index is 1.42. The molecule has 0 aliphatic carbocycles. The Morgan fingerprint density at radius 1 is 1.15 bits per heavy atom. The highest BCUT2D eigenvalue weighted by molar-refractivity contribution is 7.99. The van der Waals surface area contributed by atoms with Gasteiger partial charge in [-0.1, -0.05) is 42.5 Å². The zero-order valence-corrected chi connectivity index (χ0v) is 15.5. The van der Waals surface area contributed by atoms with Crippen LogP contribution in [0.1, 0.15) is 24.1 Å². The molecule has 3 aromatic rings. The second-order valence-corrected chi connectivity index (χ2v) is 7.11. The van der Waals surface area contributed by atoms with Gasteiger partial charge in [-0.2, -0.15) is 16.9 Å². The molecular formula is C20H22N4OS. The minimum absolute atomic E-state index is 0.0259. The van der Waals surface area contributed by atoms with E-state index in [1.807, 2.05) is 49.4 Å². The Morgan fingerprint density at radius 3 is 2.62 bits per heavy atom. The van der Waals surface area contributed by atoms with Crippen LogP contribution in [-0.2, 0) is 11.2 Å². The predicted molar refractivity (Wildman–Crippen MR) is 105 cm³/mol. The normalized spacial score (nSPS) is 11.9. The summed E-state index contributed by atoms with van der Waals surface area (Å²) >= 11 is 1.66. The van der Waals surface area contributed by atoms with Crippen molar-refractivity contribution in [3.63, 3.8) is 0 Å². The van der Waals surface area contributed by atoms with Crippen LogP contribution in [0, 0.1) is 0 Å². The third kappa shape index (κ3) is 5.20. The summed E-state index contributed by atoms with van der Waals surface area (Å²) in [6.45, 7) is 2.00. The lowest BCUT2D eigenvalue weighted by atomic mass is 10.1. The van der Waals surface area contributed by atoms with Crippen molar-refractivity contribution in [2.24, 2.45) is 0 Å². The van der Waals surface area contributed by atoms with Crippen molar-refractivity contribution < 1.29 is 4.79 Å². The van der Waals surface area contributed by atoms with E-state index in [0.717, 1.165) is 23.4 Å². The van der Waals surface area contributed by atoms with Gasteiger partial charge in [-0.15, -0.1) is 0 Å². The van der Waals surface area contributed by atoms with Crippen LogP contribution < -0.4 is 5.32 Å². The summed E-state index contributed by atoms with van der Waals surface area (Å²) in [5, 5.41) is 7.16. The molecule has 1 N–H and O–H groups in total. The van der Waals surface area contributed by atoms with E-state index in [-0.39, 0.29) is 11.9 Å². The molecule has 2 aromatic carbocycles. The molecule has 0 fully saturated rings. The van der Waals surface area contributed by atoms with Crippen LogP contribution in [-0.4, -0.2) is 32.2 Å². The monoisotopic (exact) mass is 366 g/mol. The van der Waals surface area contributed by atoms with Crippen LogP contribution in [0.15, 0.2) is 67.3 Å². The molecule has 0 saturated carbocycles. The minimum atomic E-state index is -0.0259. The number of benzene rings is 2. The Hall–Kier alpha value is -2.60.